The molecule has 144 valence electrons. The molecule has 0 aliphatic carbocycles. The summed E-state index contributed by atoms with van der Waals surface area (Å²) in [5.74, 6) is -3.37. The van der Waals surface area contributed by atoms with Gasteiger partial charge in [-0.2, -0.15) is 0 Å². The molecule has 9 heteroatoms. The molecule has 1 N–H and O–H groups in total. The molecule has 1 atom stereocenters. The summed E-state index contributed by atoms with van der Waals surface area (Å²) in [6.07, 6.45) is 0.263. The number of anilines is 1. The Balaban J connectivity index is 1.57. The number of para-hydroxylation sites is 1. The Bertz CT molecular complexity index is 975. The summed E-state index contributed by atoms with van der Waals surface area (Å²) < 4.78 is 32.2. The van der Waals surface area contributed by atoms with Gasteiger partial charge in [-0.3, -0.25) is 14.6 Å². The van der Waals surface area contributed by atoms with Gasteiger partial charge in [-0.05, 0) is 31.2 Å². The number of rotatable bonds is 6. The predicted octanol–water partition coefficient (Wildman–Crippen LogP) is 3.60. The van der Waals surface area contributed by atoms with Crippen LogP contribution in [0.2, 0.25) is 0 Å². The molecular formula is C19H15F2N3O3S. The summed E-state index contributed by atoms with van der Waals surface area (Å²) in [5.41, 5.74) is 0.574. The number of hydrogen-bond acceptors (Lipinski definition) is 6. The van der Waals surface area contributed by atoms with Gasteiger partial charge in [0.25, 0.3) is 5.91 Å². The maximum absolute atomic E-state index is 13.6. The molecule has 0 aliphatic heterocycles. The van der Waals surface area contributed by atoms with Crippen LogP contribution in [-0.2, 0) is 20.7 Å². The molecule has 0 aliphatic rings. The van der Waals surface area contributed by atoms with Gasteiger partial charge in [-0.25, -0.2) is 13.8 Å². The number of benzene rings is 1. The Labute approximate surface area is 163 Å². The first-order valence-electron chi connectivity index (χ1n) is 8.24. The van der Waals surface area contributed by atoms with Crippen molar-refractivity contribution in [2.45, 2.75) is 19.4 Å². The van der Waals surface area contributed by atoms with Crippen molar-refractivity contribution < 1.29 is 23.1 Å². The Morgan fingerprint density at radius 3 is 2.61 bits per heavy atom. The molecule has 2 aromatic heterocycles. The van der Waals surface area contributed by atoms with Crippen molar-refractivity contribution in [1.29, 1.82) is 0 Å². The highest BCUT2D eigenvalue weighted by Crippen LogP contribution is 2.22. The van der Waals surface area contributed by atoms with Crippen LogP contribution in [0.5, 0.6) is 0 Å². The first-order valence-corrected chi connectivity index (χ1v) is 9.12. The lowest BCUT2D eigenvalue weighted by atomic mass is 10.2. The summed E-state index contributed by atoms with van der Waals surface area (Å²) in [6.45, 7) is 1.31. The predicted molar refractivity (Wildman–Crippen MR) is 99.6 cm³/mol. The van der Waals surface area contributed by atoms with E-state index in [0.717, 1.165) is 12.1 Å². The monoisotopic (exact) mass is 403 g/mol. The highest BCUT2D eigenvalue weighted by atomic mass is 32.1. The third-order valence-electron chi connectivity index (χ3n) is 3.65. The van der Waals surface area contributed by atoms with Crippen LogP contribution in [0.3, 0.4) is 0 Å². The highest BCUT2D eigenvalue weighted by molar-refractivity contribution is 7.13. The average Bonchev–Trinajstić information content (AvgIpc) is 3.13. The van der Waals surface area contributed by atoms with Gasteiger partial charge >= 0.3 is 5.97 Å². The number of pyridine rings is 1. The second-order valence-electron chi connectivity index (χ2n) is 5.75. The molecule has 1 amide bonds. The molecule has 3 rings (SSSR count). The van der Waals surface area contributed by atoms with Gasteiger partial charge in [-0.15, -0.1) is 11.3 Å². The summed E-state index contributed by atoms with van der Waals surface area (Å²) in [4.78, 5) is 32.6. The molecule has 0 fully saturated rings. The van der Waals surface area contributed by atoms with Crippen molar-refractivity contribution in [1.82, 2.24) is 9.97 Å². The van der Waals surface area contributed by atoms with E-state index < -0.39 is 35.3 Å². The number of aromatic nitrogens is 2. The zero-order chi connectivity index (χ0) is 20.1. The normalized spacial score (nSPS) is 11.7. The topological polar surface area (TPSA) is 81.2 Å². The van der Waals surface area contributed by atoms with Crippen LogP contribution in [-0.4, -0.2) is 27.9 Å². The number of amides is 1. The highest BCUT2D eigenvalue weighted by Gasteiger charge is 2.21. The van der Waals surface area contributed by atoms with Crippen molar-refractivity contribution in [3.05, 3.63) is 65.3 Å². The lowest BCUT2D eigenvalue weighted by Gasteiger charge is -2.14. The minimum atomic E-state index is -1.24. The number of nitrogens with zero attached hydrogens (tertiary/aromatic N) is 2. The number of esters is 1. The van der Waals surface area contributed by atoms with E-state index in [2.05, 4.69) is 15.3 Å². The van der Waals surface area contributed by atoms with E-state index in [4.69, 9.17) is 4.74 Å². The molecule has 6 nitrogen and oxygen atoms in total. The van der Waals surface area contributed by atoms with E-state index in [-0.39, 0.29) is 6.42 Å². The lowest BCUT2D eigenvalue weighted by Crippen LogP contribution is -2.31. The van der Waals surface area contributed by atoms with Crippen molar-refractivity contribution in [2.24, 2.45) is 0 Å². The number of carbonyl (C=O) groups is 2. The number of ether oxygens (including phenoxy) is 1. The molecule has 3 aromatic rings. The Kier molecular flexibility index (Phi) is 6.05. The standard InChI is InChI=1S/C19H15F2N3O3S/c1-11(18(26)24-17-13(20)5-4-6-14(17)21)27-16(25)9-12-10-28-19(23-12)15-7-2-3-8-22-15/h2-8,10-11H,9H2,1H3,(H,24,26). The van der Waals surface area contributed by atoms with Gasteiger partial charge in [-0.1, -0.05) is 12.1 Å². The molecule has 0 saturated heterocycles. The molecule has 0 bridgehead atoms. The zero-order valence-electron chi connectivity index (χ0n) is 14.7. The van der Waals surface area contributed by atoms with Crippen LogP contribution >= 0.6 is 11.3 Å². The summed E-state index contributed by atoms with van der Waals surface area (Å²) >= 11 is 1.33. The van der Waals surface area contributed by atoms with E-state index >= 15 is 0 Å². The molecule has 0 radical (unpaired) electrons. The number of carbonyl (C=O) groups excluding carboxylic acids is 2. The molecule has 0 saturated carbocycles. The first kappa shape index (κ1) is 19.6. The van der Waals surface area contributed by atoms with Gasteiger partial charge in [0.1, 0.15) is 22.3 Å². The van der Waals surface area contributed by atoms with E-state index in [1.165, 1.54) is 24.3 Å². The fourth-order valence-electron chi connectivity index (χ4n) is 2.28. The van der Waals surface area contributed by atoms with Crippen LogP contribution in [0.1, 0.15) is 12.6 Å². The quantitative estimate of drug-likeness (QED) is 0.636. The van der Waals surface area contributed by atoms with Crippen molar-refractivity contribution in [3.63, 3.8) is 0 Å². The van der Waals surface area contributed by atoms with Crippen LogP contribution < -0.4 is 5.32 Å². The Morgan fingerprint density at radius 1 is 1.18 bits per heavy atom. The van der Waals surface area contributed by atoms with E-state index in [0.29, 0.717) is 16.4 Å². The Morgan fingerprint density at radius 2 is 1.93 bits per heavy atom. The van der Waals surface area contributed by atoms with Gasteiger partial charge in [0.2, 0.25) is 0 Å². The van der Waals surface area contributed by atoms with Crippen LogP contribution in [0, 0.1) is 11.6 Å². The van der Waals surface area contributed by atoms with Crippen molar-refractivity contribution in [2.75, 3.05) is 5.32 Å². The number of thiazole rings is 1. The van der Waals surface area contributed by atoms with Crippen LogP contribution in [0.4, 0.5) is 14.5 Å². The minimum absolute atomic E-state index is 0.144. The molecule has 0 spiro atoms. The number of hydrogen-bond donors (Lipinski definition) is 1. The zero-order valence-corrected chi connectivity index (χ0v) is 15.5. The van der Waals surface area contributed by atoms with E-state index in [1.54, 1.807) is 23.7 Å². The lowest BCUT2D eigenvalue weighted by molar-refractivity contribution is -0.152. The maximum atomic E-state index is 13.6. The van der Waals surface area contributed by atoms with E-state index in [9.17, 15) is 18.4 Å². The number of nitrogens with one attached hydrogen (secondary N) is 1. The minimum Gasteiger partial charge on any atom is -0.452 e. The average molecular weight is 403 g/mol. The Hall–Kier alpha value is -3.20. The second kappa shape index (κ2) is 8.66. The molecule has 1 aromatic carbocycles. The molecular weight excluding hydrogens is 388 g/mol. The SMILES string of the molecule is CC(OC(=O)Cc1csc(-c2ccccn2)n1)C(=O)Nc1c(F)cccc1F. The molecule has 28 heavy (non-hydrogen) atoms. The smallest absolute Gasteiger partial charge is 0.312 e. The van der Waals surface area contributed by atoms with Gasteiger partial charge in [0, 0.05) is 11.6 Å². The summed E-state index contributed by atoms with van der Waals surface area (Å²) in [6, 6.07) is 8.62. The third-order valence-corrected chi connectivity index (χ3v) is 4.56. The largest absolute Gasteiger partial charge is 0.452 e. The number of halogens is 2. The van der Waals surface area contributed by atoms with Crippen LogP contribution in [0.15, 0.2) is 48.0 Å². The summed E-state index contributed by atoms with van der Waals surface area (Å²) in [7, 11) is 0. The second-order valence-corrected chi connectivity index (χ2v) is 6.61. The third kappa shape index (κ3) is 4.74. The maximum Gasteiger partial charge on any atom is 0.312 e. The fourth-order valence-corrected chi connectivity index (χ4v) is 3.07. The van der Waals surface area contributed by atoms with Crippen molar-refractivity contribution in [3.8, 4) is 10.7 Å². The van der Waals surface area contributed by atoms with Gasteiger partial charge in [0.05, 0.1) is 17.8 Å². The first-order chi connectivity index (χ1) is 13.4. The van der Waals surface area contributed by atoms with Crippen LogP contribution in [0.25, 0.3) is 10.7 Å². The van der Waals surface area contributed by atoms with Gasteiger partial charge in [0.15, 0.2) is 6.10 Å². The summed E-state index contributed by atoms with van der Waals surface area (Å²) in [5, 5.41) is 4.44. The fraction of sp³-hybridized carbons (Fsp3) is 0.158. The van der Waals surface area contributed by atoms with E-state index in [1.807, 2.05) is 6.07 Å². The van der Waals surface area contributed by atoms with Gasteiger partial charge < -0.3 is 10.1 Å². The van der Waals surface area contributed by atoms with Crippen molar-refractivity contribution >= 4 is 28.9 Å². The molecule has 1 unspecified atom stereocenters. The molecule has 2 heterocycles.